The van der Waals surface area contributed by atoms with Gasteiger partial charge in [-0.25, -0.2) is 4.39 Å². The fourth-order valence-corrected chi connectivity index (χ4v) is 1.79. The summed E-state index contributed by atoms with van der Waals surface area (Å²) in [6, 6.07) is 3.87. The topological polar surface area (TPSA) is 75.6 Å². The zero-order chi connectivity index (χ0) is 15.1. The predicted molar refractivity (Wildman–Crippen MR) is 71.1 cm³/mol. The molecule has 0 saturated carbocycles. The zero-order valence-electron chi connectivity index (χ0n) is 11.5. The first-order valence-electron chi connectivity index (χ1n) is 6.29. The minimum atomic E-state index is -0.965. The summed E-state index contributed by atoms with van der Waals surface area (Å²) in [6.07, 6.45) is 0.394. The van der Waals surface area contributed by atoms with Gasteiger partial charge in [0.1, 0.15) is 0 Å². The van der Waals surface area contributed by atoms with Gasteiger partial charge >= 0.3 is 5.97 Å². The number of carbonyl (C=O) groups excluding carboxylic acids is 1. The molecule has 1 amide bonds. The second-order valence-corrected chi connectivity index (χ2v) is 4.42. The average molecular weight is 283 g/mol. The average Bonchev–Trinajstić information content (AvgIpc) is 2.37. The number of carboxylic acid groups (broad SMARTS) is 1. The van der Waals surface area contributed by atoms with Crippen LogP contribution in [-0.4, -0.2) is 30.1 Å². The van der Waals surface area contributed by atoms with E-state index < -0.39 is 17.8 Å². The normalized spacial score (nSPS) is 11.8. The maximum Gasteiger partial charge on any atom is 0.305 e. The molecule has 1 aromatic rings. The molecule has 6 heteroatoms. The quantitative estimate of drug-likeness (QED) is 0.799. The summed E-state index contributed by atoms with van der Waals surface area (Å²) >= 11 is 0. The Morgan fingerprint density at radius 3 is 2.65 bits per heavy atom. The monoisotopic (exact) mass is 283 g/mol. The van der Waals surface area contributed by atoms with E-state index in [4.69, 9.17) is 9.84 Å². The van der Waals surface area contributed by atoms with E-state index in [0.29, 0.717) is 12.0 Å². The zero-order valence-corrected chi connectivity index (χ0v) is 11.5. The molecule has 0 radical (unpaired) electrons. The van der Waals surface area contributed by atoms with Crippen molar-refractivity contribution < 1.29 is 23.8 Å². The van der Waals surface area contributed by atoms with Crippen LogP contribution in [0.5, 0.6) is 5.75 Å². The molecule has 5 nitrogen and oxygen atoms in total. The number of ether oxygens (including phenoxy) is 1. The van der Waals surface area contributed by atoms with Crippen molar-refractivity contribution in [3.63, 3.8) is 0 Å². The number of hydrogen-bond donors (Lipinski definition) is 2. The first-order valence-corrected chi connectivity index (χ1v) is 6.29. The number of carboxylic acids is 1. The van der Waals surface area contributed by atoms with Crippen molar-refractivity contribution in [1.29, 1.82) is 0 Å². The third-order valence-corrected chi connectivity index (χ3v) is 2.86. The third kappa shape index (κ3) is 4.87. The molecule has 0 spiro atoms. The van der Waals surface area contributed by atoms with E-state index in [1.165, 1.54) is 19.2 Å². The minimum absolute atomic E-state index is 0.00294. The van der Waals surface area contributed by atoms with Crippen LogP contribution < -0.4 is 10.1 Å². The highest BCUT2D eigenvalue weighted by molar-refractivity contribution is 5.79. The van der Waals surface area contributed by atoms with E-state index in [1.807, 2.05) is 0 Å². The number of benzene rings is 1. The maximum atomic E-state index is 13.5. The van der Waals surface area contributed by atoms with Gasteiger partial charge in [-0.1, -0.05) is 13.0 Å². The minimum Gasteiger partial charge on any atom is -0.494 e. The van der Waals surface area contributed by atoms with Gasteiger partial charge in [-0.3, -0.25) is 9.59 Å². The summed E-state index contributed by atoms with van der Waals surface area (Å²) in [7, 11) is 1.36. The summed E-state index contributed by atoms with van der Waals surface area (Å²) in [5.74, 6) is -1.71. The Labute approximate surface area is 116 Å². The molecule has 0 aliphatic heterocycles. The molecule has 1 rings (SSSR count). The molecule has 20 heavy (non-hydrogen) atoms. The van der Waals surface area contributed by atoms with Gasteiger partial charge in [0.05, 0.1) is 20.0 Å². The summed E-state index contributed by atoms with van der Waals surface area (Å²) in [5.41, 5.74) is 0.506. The molecular weight excluding hydrogens is 265 g/mol. The fourth-order valence-electron chi connectivity index (χ4n) is 1.79. The Morgan fingerprint density at radius 2 is 2.15 bits per heavy atom. The highest BCUT2D eigenvalue weighted by Crippen LogP contribution is 2.17. The number of carbonyl (C=O) groups is 2. The van der Waals surface area contributed by atoms with Crippen molar-refractivity contribution in [1.82, 2.24) is 5.32 Å². The molecular formula is C14H18FNO4. The maximum absolute atomic E-state index is 13.5. The second-order valence-electron chi connectivity index (χ2n) is 4.42. The number of methoxy groups -OCH3 is 1. The molecule has 1 unspecified atom stereocenters. The van der Waals surface area contributed by atoms with E-state index in [9.17, 15) is 14.0 Å². The summed E-state index contributed by atoms with van der Waals surface area (Å²) in [5, 5.41) is 11.3. The molecule has 0 heterocycles. The first kappa shape index (κ1) is 15.9. The van der Waals surface area contributed by atoms with Gasteiger partial charge < -0.3 is 15.2 Å². The largest absolute Gasteiger partial charge is 0.494 e. The van der Waals surface area contributed by atoms with Gasteiger partial charge in [-0.05, 0) is 24.1 Å². The van der Waals surface area contributed by atoms with Crippen LogP contribution in [0.4, 0.5) is 4.39 Å². The van der Waals surface area contributed by atoms with Gasteiger partial charge in [0.15, 0.2) is 11.6 Å². The summed E-state index contributed by atoms with van der Waals surface area (Å²) in [6.45, 7) is 1.79. The lowest BCUT2D eigenvalue weighted by atomic mass is 10.1. The SMILES string of the molecule is CCC(CC(=O)O)NC(=O)Cc1ccc(OC)c(F)c1. The van der Waals surface area contributed by atoms with Crippen LogP contribution in [0, 0.1) is 5.82 Å². The molecule has 110 valence electrons. The van der Waals surface area contributed by atoms with Gasteiger partial charge in [-0.15, -0.1) is 0 Å². The van der Waals surface area contributed by atoms with Crippen molar-refractivity contribution >= 4 is 11.9 Å². The lowest BCUT2D eigenvalue weighted by Crippen LogP contribution is -2.36. The molecule has 0 aliphatic carbocycles. The lowest BCUT2D eigenvalue weighted by Gasteiger charge is -2.14. The van der Waals surface area contributed by atoms with E-state index in [1.54, 1.807) is 13.0 Å². The van der Waals surface area contributed by atoms with E-state index in [-0.39, 0.29) is 24.5 Å². The van der Waals surface area contributed by atoms with E-state index in [2.05, 4.69) is 5.32 Å². The number of nitrogens with one attached hydrogen (secondary N) is 1. The third-order valence-electron chi connectivity index (χ3n) is 2.86. The van der Waals surface area contributed by atoms with E-state index in [0.717, 1.165) is 0 Å². The van der Waals surface area contributed by atoms with Crippen LogP contribution in [0.3, 0.4) is 0 Å². The number of rotatable bonds is 7. The molecule has 1 atom stereocenters. The highest BCUT2D eigenvalue weighted by Gasteiger charge is 2.14. The van der Waals surface area contributed by atoms with E-state index >= 15 is 0 Å². The number of halogens is 1. The van der Waals surface area contributed by atoms with Gasteiger partial charge in [-0.2, -0.15) is 0 Å². The molecule has 0 aliphatic rings. The Bertz CT molecular complexity index is 490. The van der Waals surface area contributed by atoms with Crippen molar-refractivity contribution in [3.05, 3.63) is 29.6 Å². The van der Waals surface area contributed by atoms with Gasteiger partial charge in [0.25, 0.3) is 0 Å². The summed E-state index contributed by atoms with van der Waals surface area (Å²) in [4.78, 5) is 22.4. The Kier molecular flexibility index (Phi) is 5.96. The second kappa shape index (κ2) is 7.47. The molecule has 0 saturated heterocycles. The van der Waals surface area contributed by atoms with Crippen LogP contribution in [-0.2, 0) is 16.0 Å². The van der Waals surface area contributed by atoms with Gasteiger partial charge in [0, 0.05) is 6.04 Å². The number of aliphatic carboxylic acids is 1. The fraction of sp³-hybridized carbons (Fsp3) is 0.429. The molecule has 0 bridgehead atoms. The van der Waals surface area contributed by atoms with Crippen molar-refractivity contribution in [2.75, 3.05) is 7.11 Å². The smallest absolute Gasteiger partial charge is 0.305 e. The molecule has 0 fully saturated rings. The molecule has 1 aromatic carbocycles. The van der Waals surface area contributed by atoms with Crippen molar-refractivity contribution in [2.24, 2.45) is 0 Å². The van der Waals surface area contributed by atoms with Crippen LogP contribution in [0.2, 0.25) is 0 Å². The Hall–Kier alpha value is -2.11. The van der Waals surface area contributed by atoms with Crippen molar-refractivity contribution in [2.45, 2.75) is 32.2 Å². The van der Waals surface area contributed by atoms with Gasteiger partial charge in [0.2, 0.25) is 5.91 Å². The van der Waals surface area contributed by atoms with Crippen LogP contribution >= 0.6 is 0 Å². The number of hydrogen-bond acceptors (Lipinski definition) is 3. The van der Waals surface area contributed by atoms with Crippen LogP contribution in [0.15, 0.2) is 18.2 Å². The Balaban J connectivity index is 2.61. The van der Waals surface area contributed by atoms with Crippen molar-refractivity contribution in [3.8, 4) is 5.75 Å². The molecule has 0 aromatic heterocycles. The lowest BCUT2D eigenvalue weighted by molar-refractivity contribution is -0.137. The van der Waals surface area contributed by atoms with Crippen LogP contribution in [0.25, 0.3) is 0 Å². The van der Waals surface area contributed by atoms with Crippen LogP contribution in [0.1, 0.15) is 25.3 Å². The highest BCUT2D eigenvalue weighted by atomic mass is 19.1. The summed E-state index contributed by atoms with van der Waals surface area (Å²) < 4.78 is 18.3. The predicted octanol–water partition coefficient (Wildman–Crippen LogP) is 1.75. The Morgan fingerprint density at radius 1 is 1.45 bits per heavy atom. The first-order chi connectivity index (χ1) is 9.46. The standard InChI is InChI=1S/C14H18FNO4/c1-3-10(8-14(18)19)16-13(17)7-9-4-5-12(20-2)11(15)6-9/h4-6,10H,3,7-8H2,1-2H3,(H,16,17)(H,18,19). The molecule has 2 N–H and O–H groups in total. The number of amides is 1.